The first-order valence-corrected chi connectivity index (χ1v) is 5.56. The van der Waals surface area contributed by atoms with Crippen molar-refractivity contribution in [2.75, 3.05) is 33.2 Å². The zero-order valence-corrected chi connectivity index (χ0v) is 9.77. The smallest absolute Gasteiger partial charge is 0.0104 e. The summed E-state index contributed by atoms with van der Waals surface area (Å²) < 4.78 is 0. The fraction of sp³-hybridized carbons (Fsp3) is 1.00. The largest absolute Gasteiger partial charge is 0.315 e. The first-order valence-electron chi connectivity index (χ1n) is 5.56. The highest BCUT2D eigenvalue weighted by atomic mass is 15.1. The van der Waals surface area contributed by atoms with Crippen LogP contribution in [0.4, 0.5) is 0 Å². The van der Waals surface area contributed by atoms with E-state index in [2.05, 4.69) is 38.0 Å². The molecule has 0 radical (unpaired) electrons. The van der Waals surface area contributed by atoms with Gasteiger partial charge in [-0.3, -0.25) is 0 Å². The van der Waals surface area contributed by atoms with E-state index in [1.165, 1.54) is 19.4 Å². The summed E-state index contributed by atoms with van der Waals surface area (Å²) in [5, 5.41) is 3.46. The number of rotatable bonds is 8. The second-order valence-corrected chi connectivity index (χ2v) is 4.18. The molecule has 0 aromatic carbocycles. The lowest BCUT2D eigenvalue weighted by atomic mass is 10.1. The fourth-order valence-corrected chi connectivity index (χ4v) is 1.19. The van der Waals surface area contributed by atoms with Crippen molar-refractivity contribution >= 4 is 0 Å². The number of nitrogens with zero attached hydrogens (tertiary/aromatic N) is 1. The number of likely N-dealkylation sites (N-methyl/N-ethyl adjacent to an activating group) is 1. The van der Waals surface area contributed by atoms with Crippen molar-refractivity contribution in [1.82, 2.24) is 10.2 Å². The maximum Gasteiger partial charge on any atom is 0.0104 e. The minimum Gasteiger partial charge on any atom is -0.315 e. The minimum atomic E-state index is 0.847. The summed E-state index contributed by atoms with van der Waals surface area (Å²) >= 11 is 0. The van der Waals surface area contributed by atoms with Gasteiger partial charge >= 0.3 is 0 Å². The third-order valence-electron chi connectivity index (χ3n) is 2.35. The van der Waals surface area contributed by atoms with Crippen molar-refractivity contribution in [2.24, 2.45) is 5.92 Å². The molecule has 0 unspecified atom stereocenters. The summed E-state index contributed by atoms with van der Waals surface area (Å²) in [6.07, 6.45) is 2.66. The summed E-state index contributed by atoms with van der Waals surface area (Å²) in [7, 11) is 2.16. The van der Waals surface area contributed by atoms with Crippen LogP contribution in [0.3, 0.4) is 0 Å². The highest BCUT2D eigenvalue weighted by Crippen LogP contribution is 2.01. The van der Waals surface area contributed by atoms with Gasteiger partial charge in [-0.15, -0.1) is 0 Å². The van der Waals surface area contributed by atoms with Crippen molar-refractivity contribution in [3.63, 3.8) is 0 Å². The topological polar surface area (TPSA) is 15.3 Å². The Morgan fingerprint density at radius 3 is 2.46 bits per heavy atom. The van der Waals surface area contributed by atoms with Crippen LogP contribution < -0.4 is 5.32 Å². The van der Waals surface area contributed by atoms with E-state index in [0.29, 0.717) is 0 Å². The van der Waals surface area contributed by atoms with Gasteiger partial charge in [-0.1, -0.05) is 20.8 Å². The van der Waals surface area contributed by atoms with Gasteiger partial charge in [0.1, 0.15) is 0 Å². The average Bonchev–Trinajstić information content (AvgIpc) is 2.10. The maximum absolute atomic E-state index is 3.46. The van der Waals surface area contributed by atoms with Gasteiger partial charge in [0.15, 0.2) is 0 Å². The van der Waals surface area contributed by atoms with E-state index in [9.17, 15) is 0 Å². The summed E-state index contributed by atoms with van der Waals surface area (Å²) in [6, 6.07) is 0. The van der Waals surface area contributed by atoms with Crippen LogP contribution in [0, 0.1) is 5.92 Å². The first kappa shape index (κ1) is 12.9. The lowest BCUT2D eigenvalue weighted by Gasteiger charge is -2.14. The summed E-state index contributed by atoms with van der Waals surface area (Å²) in [4.78, 5) is 2.33. The van der Waals surface area contributed by atoms with E-state index < -0.39 is 0 Å². The molecule has 0 amide bonds. The second kappa shape index (κ2) is 8.52. The third kappa shape index (κ3) is 9.84. The zero-order chi connectivity index (χ0) is 10.1. The lowest BCUT2D eigenvalue weighted by molar-refractivity contribution is 0.348. The molecule has 2 heteroatoms. The van der Waals surface area contributed by atoms with Crippen LogP contribution >= 0.6 is 0 Å². The van der Waals surface area contributed by atoms with E-state index in [-0.39, 0.29) is 0 Å². The Morgan fingerprint density at radius 1 is 1.23 bits per heavy atom. The second-order valence-electron chi connectivity index (χ2n) is 4.18. The van der Waals surface area contributed by atoms with Crippen LogP contribution in [-0.2, 0) is 0 Å². The molecule has 0 atom stereocenters. The molecule has 2 nitrogen and oxygen atoms in total. The van der Waals surface area contributed by atoms with Crippen molar-refractivity contribution < 1.29 is 0 Å². The van der Waals surface area contributed by atoms with E-state index in [1.54, 1.807) is 0 Å². The van der Waals surface area contributed by atoms with Gasteiger partial charge in [0.05, 0.1) is 0 Å². The summed E-state index contributed by atoms with van der Waals surface area (Å²) in [5.41, 5.74) is 0. The van der Waals surface area contributed by atoms with Gasteiger partial charge in [-0.05, 0) is 38.9 Å². The number of hydrogen-bond donors (Lipinski definition) is 1. The predicted molar refractivity (Wildman–Crippen MR) is 60.1 cm³/mol. The number of nitrogens with one attached hydrogen (secondary N) is 1. The molecule has 13 heavy (non-hydrogen) atoms. The standard InChI is InChI=1S/C11H26N2/c1-5-13(4)10-9-12-8-6-7-11(2)3/h11-12H,5-10H2,1-4H3. The Balaban J connectivity index is 2.99. The van der Waals surface area contributed by atoms with Gasteiger partial charge < -0.3 is 10.2 Å². The quantitative estimate of drug-likeness (QED) is 0.583. The molecule has 0 saturated heterocycles. The third-order valence-corrected chi connectivity index (χ3v) is 2.35. The average molecular weight is 186 g/mol. The van der Waals surface area contributed by atoms with E-state index in [1.807, 2.05) is 0 Å². The predicted octanol–water partition coefficient (Wildman–Crippen LogP) is 1.96. The van der Waals surface area contributed by atoms with Crippen LogP contribution in [0.2, 0.25) is 0 Å². The van der Waals surface area contributed by atoms with Crippen molar-refractivity contribution in [3.05, 3.63) is 0 Å². The van der Waals surface area contributed by atoms with Crippen LogP contribution in [0.15, 0.2) is 0 Å². The fourth-order valence-electron chi connectivity index (χ4n) is 1.19. The first-order chi connectivity index (χ1) is 6.16. The van der Waals surface area contributed by atoms with E-state index in [0.717, 1.165) is 25.6 Å². The van der Waals surface area contributed by atoms with E-state index in [4.69, 9.17) is 0 Å². The SMILES string of the molecule is CCN(C)CCNCCCC(C)C. The molecule has 0 fully saturated rings. The van der Waals surface area contributed by atoms with Crippen LogP contribution in [-0.4, -0.2) is 38.1 Å². The van der Waals surface area contributed by atoms with Gasteiger partial charge in [-0.2, -0.15) is 0 Å². The van der Waals surface area contributed by atoms with E-state index >= 15 is 0 Å². The highest BCUT2D eigenvalue weighted by molar-refractivity contribution is 4.54. The molecule has 0 aromatic rings. The van der Waals surface area contributed by atoms with Crippen LogP contribution in [0.5, 0.6) is 0 Å². The molecular formula is C11H26N2. The molecule has 0 saturated carbocycles. The Bertz CT molecular complexity index is 102. The normalized spacial score (nSPS) is 11.5. The van der Waals surface area contributed by atoms with Gasteiger partial charge in [-0.25, -0.2) is 0 Å². The lowest BCUT2D eigenvalue weighted by Crippen LogP contribution is -2.29. The summed E-state index contributed by atoms with van der Waals surface area (Å²) in [6.45, 7) is 11.4. The molecule has 0 aromatic heterocycles. The molecular weight excluding hydrogens is 160 g/mol. The number of hydrogen-bond acceptors (Lipinski definition) is 2. The van der Waals surface area contributed by atoms with Crippen LogP contribution in [0.1, 0.15) is 33.6 Å². The summed E-state index contributed by atoms with van der Waals surface area (Å²) in [5.74, 6) is 0.847. The maximum atomic E-state index is 3.46. The van der Waals surface area contributed by atoms with Gasteiger partial charge in [0.2, 0.25) is 0 Å². The van der Waals surface area contributed by atoms with Crippen molar-refractivity contribution in [3.8, 4) is 0 Å². The van der Waals surface area contributed by atoms with Crippen LogP contribution in [0.25, 0.3) is 0 Å². The molecule has 0 bridgehead atoms. The highest BCUT2D eigenvalue weighted by Gasteiger charge is 1.95. The molecule has 0 heterocycles. The molecule has 0 aliphatic carbocycles. The Labute approximate surface area is 83.7 Å². The Morgan fingerprint density at radius 2 is 1.92 bits per heavy atom. The minimum absolute atomic E-state index is 0.847. The zero-order valence-electron chi connectivity index (χ0n) is 9.77. The Hall–Kier alpha value is -0.0800. The molecule has 0 aliphatic rings. The molecule has 0 rings (SSSR count). The molecule has 80 valence electrons. The monoisotopic (exact) mass is 186 g/mol. The molecule has 0 spiro atoms. The Kier molecular flexibility index (Phi) is 8.46. The van der Waals surface area contributed by atoms with Crippen molar-refractivity contribution in [1.29, 1.82) is 0 Å². The molecule has 1 N–H and O–H groups in total. The van der Waals surface area contributed by atoms with Gasteiger partial charge in [0, 0.05) is 13.1 Å². The molecule has 0 aliphatic heterocycles. The van der Waals surface area contributed by atoms with Crippen molar-refractivity contribution in [2.45, 2.75) is 33.6 Å². The van der Waals surface area contributed by atoms with Gasteiger partial charge in [0.25, 0.3) is 0 Å².